The number of rotatable bonds is 2. The van der Waals surface area contributed by atoms with Gasteiger partial charge in [-0.3, -0.25) is 0 Å². The third kappa shape index (κ3) is 3.83. The van der Waals surface area contributed by atoms with E-state index in [0.717, 1.165) is 39.0 Å². The summed E-state index contributed by atoms with van der Waals surface area (Å²) in [7, 11) is 0. The van der Waals surface area contributed by atoms with Crippen LogP contribution in [0.4, 0.5) is 4.79 Å². The molecule has 2 rings (SSSR count). The number of aliphatic hydroxyl groups excluding tert-OH is 1. The van der Waals surface area contributed by atoms with Crippen molar-refractivity contribution in [2.24, 2.45) is 11.8 Å². The van der Waals surface area contributed by atoms with Crippen molar-refractivity contribution >= 4 is 6.03 Å². The van der Waals surface area contributed by atoms with E-state index in [1.165, 1.54) is 0 Å². The quantitative estimate of drug-likeness (QED) is 0.793. The second kappa shape index (κ2) is 6.57. The molecule has 0 spiro atoms. The Hall–Kier alpha value is -0.810. The number of amides is 2. The van der Waals surface area contributed by atoms with Crippen molar-refractivity contribution in [3.05, 3.63) is 0 Å². The Labute approximate surface area is 115 Å². The number of hydrogen-bond donors (Lipinski definition) is 2. The monoisotopic (exact) mass is 270 g/mol. The first-order valence-electron chi connectivity index (χ1n) is 7.39. The zero-order valence-corrected chi connectivity index (χ0v) is 12.0. The van der Waals surface area contributed by atoms with Crippen LogP contribution in [0.25, 0.3) is 0 Å². The molecule has 2 amide bonds. The molecule has 0 aliphatic carbocycles. The van der Waals surface area contributed by atoms with Crippen molar-refractivity contribution in [2.75, 3.05) is 26.3 Å². The van der Waals surface area contributed by atoms with E-state index in [2.05, 4.69) is 12.2 Å². The molecule has 0 aromatic carbocycles. The third-order valence-corrected chi connectivity index (χ3v) is 4.53. The minimum absolute atomic E-state index is 0.0371. The lowest BCUT2D eigenvalue weighted by Crippen LogP contribution is -2.52. The SMILES string of the molecule is CC1CCN(C(=O)NC(C)C2CCOCC2)CC1O. The van der Waals surface area contributed by atoms with E-state index in [0.29, 0.717) is 12.5 Å². The molecule has 0 saturated carbocycles. The molecule has 110 valence electrons. The number of piperidine rings is 1. The molecular weight excluding hydrogens is 244 g/mol. The van der Waals surface area contributed by atoms with Crippen LogP contribution in [0.3, 0.4) is 0 Å². The maximum Gasteiger partial charge on any atom is 0.317 e. The van der Waals surface area contributed by atoms with Gasteiger partial charge in [-0.1, -0.05) is 6.92 Å². The summed E-state index contributed by atoms with van der Waals surface area (Å²) in [6.45, 7) is 6.88. The molecule has 5 heteroatoms. The predicted molar refractivity (Wildman–Crippen MR) is 72.9 cm³/mol. The number of aliphatic hydroxyl groups is 1. The molecule has 19 heavy (non-hydrogen) atoms. The van der Waals surface area contributed by atoms with Crippen molar-refractivity contribution in [1.29, 1.82) is 0 Å². The summed E-state index contributed by atoms with van der Waals surface area (Å²) in [5.41, 5.74) is 0. The van der Waals surface area contributed by atoms with E-state index in [1.54, 1.807) is 4.90 Å². The number of carbonyl (C=O) groups excluding carboxylic acids is 1. The molecule has 2 aliphatic heterocycles. The highest BCUT2D eigenvalue weighted by molar-refractivity contribution is 5.74. The highest BCUT2D eigenvalue weighted by Crippen LogP contribution is 2.20. The summed E-state index contributed by atoms with van der Waals surface area (Å²) >= 11 is 0. The molecule has 3 atom stereocenters. The van der Waals surface area contributed by atoms with Gasteiger partial charge in [0.2, 0.25) is 0 Å². The van der Waals surface area contributed by atoms with E-state index in [9.17, 15) is 9.90 Å². The molecule has 2 aliphatic rings. The van der Waals surface area contributed by atoms with Crippen LogP contribution in [0, 0.1) is 11.8 Å². The molecule has 0 bridgehead atoms. The smallest absolute Gasteiger partial charge is 0.317 e. The van der Waals surface area contributed by atoms with Crippen LogP contribution in [0.5, 0.6) is 0 Å². The van der Waals surface area contributed by atoms with E-state index in [1.807, 2.05) is 6.92 Å². The normalized spacial score (nSPS) is 31.0. The predicted octanol–water partition coefficient (Wildman–Crippen LogP) is 1.21. The van der Waals surface area contributed by atoms with E-state index in [4.69, 9.17) is 4.74 Å². The van der Waals surface area contributed by atoms with Crippen molar-refractivity contribution in [3.63, 3.8) is 0 Å². The number of urea groups is 1. The fourth-order valence-electron chi connectivity index (χ4n) is 2.85. The van der Waals surface area contributed by atoms with Gasteiger partial charge in [0.25, 0.3) is 0 Å². The maximum absolute atomic E-state index is 12.2. The van der Waals surface area contributed by atoms with E-state index >= 15 is 0 Å². The molecule has 0 aromatic heterocycles. The Morgan fingerprint density at radius 1 is 1.37 bits per heavy atom. The van der Waals surface area contributed by atoms with Gasteiger partial charge in [-0.25, -0.2) is 4.79 Å². The lowest BCUT2D eigenvalue weighted by molar-refractivity contribution is 0.0389. The summed E-state index contributed by atoms with van der Waals surface area (Å²) in [6.07, 6.45) is 2.51. The molecule has 2 heterocycles. The van der Waals surface area contributed by atoms with Gasteiger partial charge in [-0.15, -0.1) is 0 Å². The molecule has 5 nitrogen and oxygen atoms in total. The van der Waals surface area contributed by atoms with Crippen molar-refractivity contribution in [2.45, 2.75) is 45.3 Å². The first-order valence-corrected chi connectivity index (χ1v) is 7.39. The average molecular weight is 270 g/mol. The van der Waals surface area contributed by atoms with Crippen molar-refractivity contribution < 1.29 is 14.6 Å². The van der Waals surface area contributed by atoms with Crippen LogP contribution in [0.1, 0.15) is 33.1 Å². The first-order chi connectivity index (χ1) is 9.08. The standard InChI is InChI=1S/C14H26N2O3/c1-10-3-6-16(9-13(10)17)14(18)15-11(2)12-4-7-19-8-5-12/h10-13,17H,3-9H2,1-2H3,(H,15,18). The zero-order valence-electron chi connectivity index (χ0n) is 12.0. The van der Waals surface area contributed by atoms with E-state index in [-0.39, 0.29) is 18.0 Å². The minimum atomic E-state index is -0.391. The lowest BCUT2D eigenvalue weighted by Gasteiger charge is -2.36. The third-order valence-electron chi connectivity index (χ3n) is 4.53. The Morgan fingerprint density at radius 3 is 2.68 bits per heavy atom. The van der Waals surface area contributed by atoms with Gasteiger partial charge < -0.3 is 20.1 Å². The van der Waals surface area contributed by atoms with Crippen LogP contribution >= 0.6 is 0 Å². The Balaban J connectivity index is 1.79. The average Bonchev–Trinajstić information content (AvgIpc) is 2.42. The van der Waals surface area contributed by atoms with Crippen LogP contribution in [-0.2, 0) is 4.74 Å². The number of ether oxygens (including phenoxy) is 1. The highest BCUT2D eigenvalue weighted by atomic mass is 16.5. The number of carbonyl (C=O) groups is 1. The largest absolute Gasteiger partial charge is 0.391 e. The topological polar surface area (TPSA) is 61.8 Å². The Morgan fingerprint density at radius 2 is 2.05 bits per heavy atom. The minimum Gasteiger partial charge on any atom is -0.391 e. The van der Waals surface area contributed by atoms with Gasteiger partial charge in [-0.2, -0.15) is 0 Å². The van der Waals surface area contributed by atoms with Crippen LogP contribution < -0.4 is 5.32 Å². The van der Waals surface area contributed by atoms with Crippen LogP contribution in [0.2, 0.25) is 0 Å². The number of nitrogens with one attached hydrogen (secondary N) is 1. The lowest BCUT2D eigenvalue weighted by atomic mass is 9.93. The number of nitrogens with zero attached hydrogens (tertiary/aromatic N) is 1. The van der Waals surface area contributed by atoms with Gasteiger partial charge >= 0.3 is 6.03 Å². The van der Waals surface area contributed by atoms with Gasteiger partial charge in [0.1, 0.15) is 0 Å². The summed E-state index contributed by atoms with van der Waals surface area (Å²) in [4.78, 5) is 13.9. The van der Waals surface area contributed by atoms with Gasteiger partial charge in [0, 0.05) is 32.3 Å². The van der Waals surface area contributed by atoms with Crippen LogP contribution in [0.15, 0.2) is 0 Å². The fourth-order valence-corrected chi connectivity index (χ4v) is 2.85. The fraction of sp³-hybridized carbons (Fsp3) is 0.929. The van der Waals surface area contributed by atoms with Crippen molar-refractivity contribution in [1.82, 2.24) is 10.2 Å². The second-order valence-electron chi connectivity index (χ2n) is 5.97. The van der Waals surface area contributed by atoms with Crippen LogP contribution in [-0.4, -0.2) is 54.5 Å². The summed E-state index contributed by atoms with van der Waals surface area (Å²) in [5, 5.41) is 12.9. The molecule has 0 radical (unpaired) electrons. The molecular formula is C14H26N2O3. The zero-order chi connectivity index (χ0) is 13.8. The molecule has 3 unspecified atom stereocenters. The van der Waals surface area contributed by atoms with E-state index < -0.39 is 6.10 Å². The number of likely N-dealkylation sites (tertiary alicyclic amines) is 1. The molecule has 2 N–H and O–H groups in total. The number of β-amino-alcohol motifs (C(OH)–C–C–N with tert-alkyl or cyclic N) is 1. The number of hydrogen-bond acceptors (Lipinski definition) is 3. The van der Waals surface area contributed by atoms with Gasteiger partial charge in [0.15, 0.2) is 0 Å². The van der Waals surface area contributed by atoms with Gasteiger partial charge in [0.05, 0.1) is 6.10 Å². The Kier molecular flexibility index (Phi) is 5.05. The second-order valence-corrected chi connectivity index (χ2v) is 5.97. The summed E-state index contributed by atoms with van der Waals surface area (Å²) in [6, 6.07) is 0.137. The molecule has 2 saturated heterocycles. The first kappa shape index (κ1) is 14.6. The molecule has 2 fully saturated rings. The summed E-state index contributed by atoms with van der Waals surface area (Å²) in [5.74, 6) is 0.795. The van der Waals surface area contributed by atoms with Crippen molar-refractivity contribution in [3.8, 4) is 0 Å². The van der Waals surface area contributed by atoms with Gasteiger partial charge in [-0.05, 0) is 38.0 Å². The Bertz CT molecular complexity index is 305. The summed E-state index contributed by atoms with van der Waals surface area (Å²) < 4.78 is 5.34. The maximum atomic E-state index is 12.2. The highest BCUT2D eigenvalue weighted by Gasteiger charge is 2.29. The molecule has 0 aromatic rings.